The molecule has 1 aromatic rings. The number of aryl methyl sites for hydroxylation is 1. The molecule has 0 fully saturated rings. The van der Waals surface area contributed by atoms with Gasteiger partial charge in [0.15, 0.2) is 5.78 Å². The SMILES string of the molecule is CC1(C)C2=C3C=C4C=CC(=O)C=C4OC3CCN2c2ccc3c(c21)C=CCC3. The van der Waals surface area contributed by atoms with E-state index in [1.807, 2.05) is 6.08 Å². The second-order valence-electron chi connectivity index (χ2n) is 8.79. The maximum Gasteiger partial charge on any atom is 0.182 e. The van der Waals surface area contributed by atoms with E-state index in [2.05, 4.69) is 49.1 Å². The van der Waals surface area contributed by atoms with E-state index in [1.54, 1.807) is 12.2 Å². The fourth-order valence-corrected chi connectivity index (χ4v) is 5.60. The fourth-order valence-electron chi connectivity index (χ4n) is 5.60. The van der Waals surface area contributed by atoms with Crippen LogP contribution in [0, 0.1) is 0 Å². The summed E-state index contributed by atoms with van der Waals surface area (Å²) in [5.41, 5.74) is 9.26. The largest absolute Gasteiger partial charge is 0.485 e. The molecule has 0 aromatic heterocycles. The number of carbonyl (C=O) groups excluding carboxylic acids is 1. The Kier molecular flexibility index (Phi) is 3.11. The molecule has 3 aliphatic heterocycles. The minimum atomic E-state index is -0.0772. The maximum atomic E-state index is 11.8. The molecule has 1 aromatic carbocycles. The van der Waals surface area contributed by atoms with Gasteiger partial charge in [0.05, 0.1) is 0 Å². The van der Waals surface area contributed by atoms with E-state index in [-0.39, 0.29) is 17.3 Å². The normalized spacial score (nSPS) is 25.9. The molecule has 3 heteroatoms. The first-order chi connectivity index (χ1) is 13.5. The summed E-state index contributed by atoms with van der Waals surface area (Å²) in [6.07, 6.45) is 15.2. The molecule has 0 saturated carbocycles. The number of benzene rings is 1. The highest BCUT2D eigenvalue weighted by Crippen LogP contribution is 2.55. The molecule has 28 heavy (non-hydrogen) atoms. The minimum Gasteiger partial charge on any atom is -0.485 e. The van der Waals surface area contributed by atoms with Crippen LogP contribution in [-0.4, -0.2) is 18.4 Å². The number of ether oxygens (including phenoxy) is 1. The molecule has 1 atom stereocenters. The minimum absolute atomic E-state index is 0.00713. The summed E-state index contributed by atoms with van der Waals surface area (Å²) in [4.78, 5) is 14.3. The topological polar surface area (TPSA) is 29.5 Å². The molecule has 6 rings (SSSR count). The molecule has 3 nitrogen and oxygen atoms in total. The second-order valence-corrected chi connectivity index (χ2v) is 8.79. The smallest absolute Gasteiger partial charge is 0.182 e. The predicted molar refractivity (Wildman–Crippen MR) is 111 cm³/mol. The Hall–Kier alpha value is -2.81. The Balaban J connectivity index is 1.59. The molecule has 140 valence electrons. The van der Waals surface area contributed by atoms with Gasteiger partial charge in [-0.15, -0.1) is 0 Å². The third-order valence-corrected chi connectivity index (χ3v) is 6.76. The van der Waals surface area contributed by atoms with Crippen molar-refractivity contribution in [2.75, 3.05) is 11.4 Å². The molecule has 5 aliphatic rings. The first kappa shape index (κ1) is 16.2. The first-order valence-electron chi connectivity index (χ1n) is 10.2. The van der Waals surface area contributed by atoms with Gasteiger partial charge < -0.3 is 9.64 Å². The van der Waals surface area contributed by atoms with Crippen molar-refractivity contribution in [3.63, 3.8) is 0 Å². The second kappa shape index (κ2) is 5.38. The Morgan fingerprint density at radius 2 is 2.04 bits per heavy atom. The zero-order chi connectivity index (χ0) is 19.0. The van der Waals surface area contributed by atoms with E-state index in [4.69, 9.17) is 4.74 Å². The number of carbonyl (C=O) groups is 1. The zero-order valence-electron chi connectivity index (χ0n) is 16.3. The van der Waals surface area contributed by atoms with E-state index in [1.165, 1.54) is 33.6 Å². The molecule has 0 radical (unpaired) electrons. The maximum absolute atomic E-state index is 11.8. The average molecular weight is 369 g/mol. The first-order valence-corrected chi connectivity index (χ1v) is 10.2. The number of hydrogen-bond donors (Lipinski definition) is 0. The van der Waals surface area contributed by atoms with Gasteiger partial charge in [-0.1, -0.05) is 32.1 Å². The molecule has 3 heterocycles. The van der Waals surface area contributed by atoms with Crippen molar-refractivity contribution < 1.29 is 9.53 Å². The van der Waals surface area contributed by atoms with E-state index in [0.29, 0.717) is 0 Å². The van der Waals surface area contributed by atoms with Crippen LogP contribution in [0.1, 0.15) is 43.4 Å². The van der Waals surface area contributed by atoms with E-state index in [0.717, 1.165) is 37.1 Å². The quantitative estimate of drug-likeness (QED) is 0.661. The lowest BCUT2D eigenvalue weighted by atomic mass is 9.75. The van der Waals surface area contributed by atoms with E-state index < -0.39 is 0 Å². The van der Waals surface area contributed by atoms with Crippen LogP contribution >= 0.6 is 0 Å². The van der Waals surface area contributed by atoms with Gasteiger partial charge in [0, 0.05) is 47.0 Å². The molecule has 0 amide bonds. The Labute approximate surface area is 165 Å². The molecular weight excluding hydrogens is 346 g/mol. The summed E-state index contributed by atoms with van der Waals surface area (Å²) in [6, 6.07) is 4.64. The van der Waals surface area contributed by atoms with Crippen LogP contribution in [-0.2, 0) is 21.4 Å². The number of rotatable bonds is 0. The van der Waals surface area contributed by atoms with Crippen molar-refractivity contribution in [1.29, 1.82) is 0 Å². The average Bonchev–Trinajstić information content (AvgIpc) is 2.94. The van der Waals surface area contributed by atoms with Gasteiger partial charge in [-0.2, -0.15) is 0 Å². The summed E-state index contributed by atoms with van der Waals surface area (Å²) < 4.78 is 6.30. The number of anilines is 1. The number of fused-ring (bicyclic) bond motifs is 7. The van der Waals surface area contributed by atoms with E-state index >= 15 is 0 Å². The van der Waals surface area contributed by atoms with Gasteiger partial charge in [-0.05, 0) is 53.8 Å². The third-order valence-electron chi connectivity index (χ3n) is 6.76. The molecule has 0 N–H and O–H groups in total. The third kappa shape index (κ3) is 2.02. The number of nitrogens with zero attached hydrogens (tertiary/aromatic N) is 1. The van der Waals surface area contributed by atoms with Crippen molar-refractivity contribution >= 4 is 17.5 Å². The van der Waals surface area contributed by atoms with Crippen LogP contribution in [0.5, 0.6) is 0 Å². The molecule has 0 spiro atoms. The molecular formula is C25H23NO2. The summed E-state index contributed by atoms with van der Waals surface area (Å²) >= 11 is 0. The van der Waals surface area contributed by atoms with Crippen LogP contribution in [0.25, 0.3) is 6.08 Å². The molecule has 2 aliphatic carbocycles. The highest BCUT2D eigenvalue weighted by atomic mass is 16.5. The lowest BCUT2D eigenvalue weighted by Crippen LogP contribution is -2.39. The van der Waals surface area contributed by atoms with Gasteiger partial charge in [0.25, 0.3) is 0 Å². The van der Waals surface area contributed by atoms with Crippen LogP contribution in [0.15, 0.2) is 65.1 Å². The fraction of sp³-hybridized carbons (Fsp3) is 0.320. The van der Waals surface area contributed by atoms with Crippen molar-refractivity contribution in [1.82, 2.24) is 0 Å². The monoisotopic (exact) mass is 369 g/mol. The summed E-state index contributed by atoms with van der Waals surface area (Å²) in [7, 11) is 0. The lowest BCUT2D eigenvalue weighted by Gasteiger charge is -2.40. The van der Waals surface area contributed by atoms with Gasteiger partial charge in [0.1, 0.15) is 11.9 Å². The van der Waals surface area contributed by atoms with Crippen LogP contribution in [0.2, 0.25) is 0 Å². The lowest BCUT2D eigenvalue weighted by molar-refractivity contribution is -0.110. The van der Waals surface area contributed by atoms with Crippen LogP contribution in [0.4, 0.5) is 5.69 Å². The highest BCUT2D eigenvalue weighted by Gasteiger charge is 2.47. The van der Waals surface area contributed by atoms with Gasteiger partial charge in [-0.25, -0.2) is 0 Å². The Morgan fingerprint density at radius 3 is 2.93 bits per heavy atom. The van der Waals surface area contributed by atoms with Gasteiger partial charge in [-0.3, -0.25) is 4.79 Å². The highest BCUT2D eigenvalue weighted by molar-refractivity contribution is 6.02. The number of hydrogen-bond acceptors (Lipinski definition) is 3. The summed E-state index contributed by atoms with van der Waals surface area (Å²) in [5, 5.41) is 0. The van der Waals surface area contributed by atoms with Crippen LogP contribution < -0.4 is 4.90 Å². The summed E-state index contributed by atoms with van der Waals surface area (Å²) in [6.45, 7) is 5.65. The van der Waals surface area contributed by atoms with E-state index in [9.17, 15) is 4.79 Å². The number of ketones is 1. The van der Waals surface area contributed by atoms with Crippen LogP contribution in [0.3, 0.4) is 0 Å². The molecule has 0 saturated heterocycles. The van der Waals surface area contributed by atoms with Crippen molar-refractivity contribution in [3.05, 3.63) is 81.8 Å². The summed E-state index contributed by atoms with van der Waals surface area (Å²) in [5.74, 6) is 0.733. The standard InChI is InChI=1S/C25H23NO2/c1-25(2)23-18-6-4-3-5-15(18)8-10-20(23)26-12-11-21-19(24(25)26)13-16-7-9-17(27)14-22(16)28-21/h4,6-10,13-14,21H,3,5,11-12H2,1-2H3. The zero-order valence-corrected chi connectivity index (χ0v) is 16.3. The van der Waals surface area contributed by atoms with Gasteiger partial charge >= 0.3 is 0 Å². The molecule has 0 bridgehead atoms. The van der Waals surface area contributed by atoms with Crippen molar-refractivity contribution in [3.8, 4) is 0 Å². The molecule has 1 unspecified atom stereocenters. The van der Waals surface area contributed by atoms with Crippen molar-refractivity contribution in [2.24, 2.45) is 0 Å². The van der Waals surface area contributed by atoms with Crippen molar-refractivity contribution in [2.45, 2.75) is 44.6 Å². The van der Waals surface area contributed by atoms with Gasteiger partial charge in [0.2, 0.25) is 0 Å². The predicted octanol–water partition coefficient (Wildman–Crippen LogP) is 4.75. The number of allylic oxidation sites excluding steroid dienone is 5. The Morgan fingerprint density at radius 1 is 1.14 bits per heavy atom. The Bertz CT molecular complexity index is 1090.